The van der Waals surface area contributed by atoms with Crippen molar-refractivity contribution < 1.29 is 13.2 Å². The van der Waals surface area contributed by atoms with Crippen LogP contribution in [0.25, 0.3) is 0 Å². The maximum absolute atomic E-state index is 12.0. The zero-order chi connectivity index (χ0) is 14.5. The zero-order valence-corrected chi connectivity index (χ0v) is 13.3. The fourth-order valence-corrected chi connectivity index (χ4v) is 3.72. The molecule has 2 N–H and O–H groups in total. The van der Waals surface area contributed by atoms with Crippen LogP contribution in [-0.2, 0) is 14.8 Å². The molecule has 0 aromatic heterocycles. The van der Waals surface area contributed by atoms with Crippen LogP contribution < -0.4 is 10.0 Å². The first-order chi connectivity index (χ1) is 8.83. The van der Waals surface area contributed by atoms with Crippen molar-refractivity contribution in [3.63, 3.8) is 0 Å². The Bertz CT molecular complexity index is 368. The molecule has 0 radical (unpaired) electrons. The van der Waals surface area contributed by atoms with Crippen LogP contribution in [0.1, 0.15) is 40.5 Å². The molecule has 2 unspecified atom stereocenters. The maximum Gasteiger partial charge on any atom is 0.213 e. The van der Waals surface area contributed by atoms with E-state index in [1.165, 1.54) is 0 Å². The quantitative estimate of drug-likeness (QED) is 0.625. The van der Waals surface area contributed by atoms with Crippen LogP contribution in [0.2, 0.25) is 0 Å². The highest BCUT2D eigenvalue weighted by Gasteiger charge is 2.50. The predicted octanol–water partition coefficient (Wildman–Crippen LogP) is 1.11. The third-order valence-corrected chi connectivity index (χ3v) is 5.23. The number of sulfonamides is 1. The molecule has 6 heteroatoms. The minimum atomic E-state index is -3.20. The highest BCUT2D eigenvalue weighted by atomic mass is 32.2. The van der Waals surface area contributed by atoms with Crippen molar-refractivity contribution in [1.82, 2.24) is 10.0 Å². The van der Waals surface area contributed by atoms with Gasteiger partial charge in [0.2, 0.25) is 10.0 Å². The molecule has 0 aromatic carbocycles. The van der Waals surface area contributed by atoms with E-state index in [-0.39, 0.29) is 23.3 Å². The average molecular weight is 292 g/mol. The molecule has 1 fully saturated rings. The SMILES string of the molecule is CCCNCCS(=O)(=O)NC1CC(OCC)C1(C)C. The molecule has 1 rings (SSSR count). The Labute approximate surface area is 117 Å². The zero-order valence-electron chi connectivity index (χ0n) is 12.5. The molecule has 1 aliphatic rings. The normalized spacial score (nSPS) is 26.1. The molecule has 1 aliphatic carbocycles. The molecule has 114 valence electrons. The lowest BCUT2D eigenvalue weighted by Gasteiger charge is -2.51. The van der Waals surface area contributed by atoms with Crippen molar-refractivity contribution in [3.8, 4) is 0 Å². The molecular formula is C13H28N2O3S. The van der Waals surface area contributed by atoms with Gasteiger partial charge in [0.15, 0.2) is 0 Å². The van der Waals surface area contributed by atoms with Crippen LogP contribution in [0, 0.1) is 5.41 Å². The molecule has 0 spiro atoms. The standard InChI is InChI=1S/C13H28N2O3S/c1-5-7-14-8-9-19(16,17)15-11-10-12(18-6-2)13(11,3)4/h11-12,14-15H,5-10H2,1-4H3. The van der Waals surface area contributed by atoms with E-state index in [4.69, 9.17) is 4.74 Å². The van der Waals surface area contributed by atoms with Gasteiger partial charge in [0.1, 0.15) is 0 Å². The summed E-state index contributed by atoms with van der Waals surface area (Å²) in [5.41, 5.74) is -0.125. The molecule has 1 saturated carbocycles. The van der Waals surface area contributed by atoms with Gasteiger partial charge in [-0.15, -0.1) is 0 Å². The van der Waals surface area contributed by atoms with Gasteiger partial charge in [0.25, 0.3) is 0 Å². The van der Waals surface area contributed by atoms with Crippen molar-refractivity contribution >= 4 is 10.0 Å². The second-order valence-electron chi connectivity index (χ2n) is 5.74. The van der Waals surface area contributed by atoms with E-state index in [0.29, 0.717) is 13.2 Å². The van der Waals surface area contributed by atoms with E-state index in [1.54, 1.807) is 0 Å². The van der Waals surface area contributed by atoms with Gasteiger partial charge in [0.05, 0.1) is 11.9 Å². The molecule has 0 aromatic rings. The fourth-order valence-electron chi connectivity index (χ4n) is 2.35. The van der Waals surface area contributed by atoms with Crippen molar-refractivity contribution in [2.24, 2.45) is 5.41 Å². The molecule has 0 amide bonds. The summed E-state index contributed by atoms with van der Waals surface area (Å²) in [6.07, 6.45) is 1.94. The summed E-state index contributed by atoms with van der Waals surface area (Å²) in [6, 6.07) is -0.0137. The first kappa shape index (κ1) is 16.9. The summed E-state index contributed by atoms with van der Waals surface area (Å²) in [7, 11) is -3.20. The lowest BCUT2D eigenvalue weighted by molar-refractivity contribution is -0.108. The molecule has 19 heavy (non-hydrogen) atoms. The Kier molecular flexibility index (Phi) is 6.23. The molecule has 0 aliphatic heterocycles. The fraction of sp³-hybridized carbons (Fsp3) is 1.00. The Morgan fingerprint density at radius 3 is 2.47 bits per heavy atom. The van der Waals surface area contributed by atoms with E-state index in [9.17, 15) is 8.42 Å². The van der Waals surface area contributed by atoms with Gasteiger partial charge in [-0.1, -0.05) is 20.8 Å². The predicted molar refractivity (Wildman–Crippen MR) is 77.7 cm³/mol. The van der Waals surface area contributed by atoms with E-state index in [1.807, 2.05) is 6.92 Å². The van der Waals surface area contributed by atoms with Crippen LogP contribution in [0.4, 0.5) is 0 Å². The van der Waals surface area contributed by atoms with Gasteiger partial charge in [-0.2, -0.15) is 0 Å². The highest BCUT2D eigenvalue weighted by Crippen LogP contribution is 2.42. The van der Waals surface area contributed by atoms with Crippen molar-refractivity contribution in [2.45, 2.75) is 52.7 Å². The van der Waals surface area contributed by atoms with Crippen LogP contribution >= 0.6 is 0 Å². The topological polar surface area (TPSA) is 67.4 Å². The maximum atomic E-state index is 12.0. The lowest BCUT2D eigenvalue weighted by Crippen LogP contribution is -2.62. The Morgan fingerprint density at radius 2 is 1.95 bits per heavy atom. The Hall–Kier alpha value is -0.170. The first-order valence-electron chi connectivity index (χ1n) is 7.15. The van der Waals surface area contributed by atoms with Crippen LogP contribution in [0.5, 0.6) is 0 Å². The molecule has 0 saturated heterocycles. The molecule has 2 atom stereocenters. The van der Waals surface area contributed by atoms with Gasteiger partial charge in [-0.05, 0) is 26.3 Å². The first-order valence-corrected chi connectivity index (χ1v) is 8.81. The molecule has 0 heterocycles. The summed E-state index contributed by atoms with van der Waals surface area (Å²) in [5.74, 6) is 0.138. The summed E-state index contributed by atoms with van der Waals surface area (Å²) in [6.45, 7) is 10.2. The number of ether oxygens (including phenoxy) is 1. The third-order valence-electron chi connectivity index (χ3n) is 3.84. The van der Waals surface area contributed by atoms with Crippen molar-refractivity contribution in [1.29, 1.82) is 0 Å². The van der Waals surface area contributed by atoms with Crippen molar-refractivity contribution in [2.75, 3.05) is 25.4 Å². The van der Waals surface area contributed by atoms with E-state index in [2.05, 4.69) is 30.8 Å². The van der Waals surface area contributed by atoms with E-state index >= 15 is 0 Å². The summed E-state index contributed by atoms with van der Waals surface area (Å²) in [5, 5.41) is 3.11. The Morgan fingerprint density at radius 1 is 1.26 bits per heavy atom. The number of nitrogens with one attached hydrogen (secondary N) is 2. The summed E-state index contributed by atoms with van der Waals surface area (Å²) < 4.78 is 32.3. The van der Waals surface area contributed by atoms with E-state index in [0.717, 1.165) is 19.4 Å². The number of rotatable bonds is 9. The smallest absolute Gasteiger partial charge is 0.213 e. The monoisotopic (exact) mass is 292 g/mol. The van der Waals surface area contributed by atoms with Gasteiger partial charge in [0, 0.05) is 24.6 Å². The molecular weight excluding hydrogens is 264 g/mol. The second-order valence-corrected chi connectivity index (χ2v) is 7.61. The van der Waals surface area contributed by atoms with Crippen LogP contribution in [0.15, 0.2) is 0 Å². The average Bonchev–Trinajstić information content (AvgIpc) is 2.33. The summed E-state index contributed by atoms with van der Waals surface area (Å²) >= 11 is 0. The number of hydrogen-bond acceptors (Lipinski definition) is 4. The van der Waals surface area contributed by atoms with Crippen LogP contribution in [0.3, 0.4) is 0 Å². The minimum Gasteiger partial charge on any atom is -0.378 e. The lowest BCUT2D eigenvalue weighted by atomic mass is 9.65. The van der Waals surface area contributed by atoms with Crippen LogP contribution in [-0.4, -0.2) is 46.0 Å². The van der Waals surface area contributed by atoms with Gasteiger partial charge in [-0.25, -0.2) is 13.1 Å². The van der Waals surface area contributed by atoms with Gasteiger partial charge >= 0.3 is 0 Å². The minimum absolute atomic E-state index is 0.0137. The van der Waals surface area contributed by atoms with Crippen molar-refractivity contribution in [3.05, 3.63) is 0 Å². The van der Waals surface area contributed by atoms with Gasteiger partial charge < -0.3 is 10.1 Å². The van der Waals surface area contributed by atoms with E-state index < -0.39 is 10.0 Å². The third kappa shape index (κ3) is 4.70. The highest BCUT2D eigenvalue weighted by molar-refractivity contribution is 7.89. The second kappa shape index (κ2) is 7.02. The largest absolute Gasteiger partial charge is 0.378 e. The summed E-state index contributed by atoms with van der Waals surface area (Å²) in [4.78, 5) is 0. The molecule has 5 nitrogen and oxygen atoms in total. The molecule has 0 bridgehead atoms. The Balaban J connectivity index is 2.39. The number of hydrogen-bond donors (Lipinski definition) is 2. The van der Waals surface area contributed by atoms with Gasteiger partial charge in [-0.3, -0.25) is 0 Å².